The first-order valence-electron chi connectivity index (χ1n) is 8.88. The van der Waals surface area contributed by atoms with Gasteiger partial charge in [-0.05, 0) is 33.6 Å². The SMILES string of the molecule is CCCCCCCCCC/C(CC(C)=O)=C(\C)C(=O)OCC. The van der Waals surface area contributed by atoms with Crippen molar-refractivity contribution >= 4 is 11.8 Å². The molecule has 0 aromatic heterocycles. The summed E-state index contributed by atoms with van der Waals surface area (Å²) in [4.78, 5) is 23.2. The van der Waals surface area contributed by atoms with Crippen molar-refractivity contribution in [3.63, 3.8) is 0 Å². The first-order chi connectivity index (χ1) is 10.5. The summed E-state index contributed by atoms with van der Waals surface area (Å²) in [5, 5.41) is 0. The van der Waals surface area contributed by atoms with Gasteiger partial charge in [-0.2, -0.15) is 0 Å². The molecule has 0 unspecified atom stereocenters. The van der Waals surface area contributed by atoms with Gasteiger partial charge >= 0.3 is 5.97 Å². The van der Waals surface area contributed by atoms with Crippen molar-refractivity contribution in [3.05, 3.63) is 11.1 Å². The largest absolute Gasteiger partial charge is 0.463 e. The second-order valence-corrected chi connectivity index (χ2v) is 6.05. The molecule has 0 heterocycles. The highest BCUT2D eigenvalue weighted by molar-refractivity contribution is 5.90. The van der Waals surface area contributed by atoms with E-state index >= 15 is 0 Å². The Morgan fingerprint density at radius 3 is 1.86 bits per heavy atom. The summed E-state index contributed by atoms with van der Waals surface area (Å²) >= 11 is 0. The number of hydrogen-bond donors (Lipinski definition) is 0. The first-order valence-corrected chi connectivity index (χ1v) is 8.88. The van der Waals surface area contributed by atoms with Crippen LogP contribution < -0.4 is 0 Å². The average molecular weight is 310 g/mol. The van der Waals surface area contributed by atoms with Crippen LogP contribution in [0.1, 0.15) is 91.9 Å². The third-order valence-corrected chi connectivity index (χ3v) is 3.91. The predicted octanol–water partition coefficient (Wildman–Crippen LogP) is 5.38. The van der Waals surface area contributed by atoms with Crippen LogP contribution in [-0.4, -0.2) is 18.4 Å². The van der Waals surface area contributed by atoms with Gasteiger partial charge in [0.25, 0.3) is 0 Å². The molecule has 128 valence electrons. The summed E-state index contributed by atoms with van der Waals surface area (Å²) in [5.41, 5.74) is 1.58. The number of Topliss-reactive ketones (excluding diaryl/α,β-unsaturated/α-hetero) is 1. The Morgan fingerprint density at radius 2 is 1.36 bits per heavy atom. The van der Waals surface area contributed by atoms with Crippen molar-refractivity contribution in [1.29, 1.82) is 0 Å². The van der Waals surface area contributed by atoms with Crippen molar-refractivity contribution in [3.8, 4) is 0 Å². The van der Waals surface area contributed by atoms with Crippen LogP contribution in [0.3, 0.4) is 0 Å². The van der Waals surface area contributed by atoms with Crippen LogP contribution in [0.5, 0.6) is 0 Å². The summed E-state index contributed by atoms with van der Waals surface area (Å²) in [6, 6.07) is 0. The topological polar surface area (TPSA) is 43.4 Å². The third kappa shape index (κ3) is 10.6. The minimum Gasteiger partial charge on any atom is -0.463 e. The highest BCUT2D eigenvalue weighted by atomic mass is 16.5. The molecule has 0 N–H and O–H groups in total. The number of ether oxygens (including phenoxy) is 1. The Bertz CT molecular complexity index is 356. The highest BCUT2D eigenvalue weighted by Crippen LogP contribution is 2.19. The Morgan fingerprint density at radius 1 is 0.818 bits per heavy atom. The molecule has 0 aliphatic carbocycles. The van der Waals surface area contributed by atoms with Crippen molar-refractivity contribution < 1.29 is 14.3 Å². The fraction of sp³-hybridized carbons (Fsp3) is 0.789. The summed E-state index contributed by atoms with van der Waals surface area (Å²) in [6.07, 6.45) is 11.3. The maximum atomic E-state index is 11.8. The zero-order valence-electron chi connectivity index (χ0n) is 15.0. The minimum absolute atomic E-state index is 0.109. The van der Waals surface area contributed by atoms with E-state index in [0.29, 0.717) is 18.6 Å². The molecule has 3 nitrogen and oxygen atoms in total. The minimum atomic E-state index is -0.279. The van der Waals surface area contributed by atoms with Gasteiger partial charge in [-0.15, -0.1) is 0 Å². The highest BCUT2D eigenvalue weighted by Gasteiger charge is 2.13. The lowest BCUT2D eigenvalue weighted by Gasteiger charge is -2.11. The van der Waals surface area contributed by atoms with Crippen molar-refractivity contribution in [2.24, 2.45) is 0 Å². The zero-order valence-corrected chi connectivity index (χ0v) is 15.0. The number of esters is 1. The third-order valence-electron chi connectivity index (χ3n) is 3.91. The van der Waals surface area contributed by atoms with Crippen LogP contribution in [0.2, 0.25) is 0 Å². The molecule has 3 heteroatoms. The Hall–Kier alpha value is -1.12. The number of carbonyl (C=O) groups excluding carboxylic acids is 2. The number of carbonyl (C=O) groups is 2. The molecule has 0 fully saturated rings. The number of rotatable bonds is 13. The van der Waals surface area contributed by atoms with Crippen LogP contribution in [0, 0.1) is 0 Å². The molecule has 0 radical (unpaired) electrons. The van der Waals surface area contributed by atoms with E-state index in [1.807, 2.05) is 0 Å². The maximum absolute atomic E-state index is 11.8. The van der Waals surface area contributed by atoms with E-state index in [2.05, 4.69) is 6.92 Å². The molecule has 22 heavy (non-hydrogen) atoms. The number of unbranched alkanes of at least 4 members (excludes halogenated alkanes) is 7. The Labute approximate surface area is 136 Å². The molecule has 0 saturated heterocycles. The number of hydrogen-bond acceptors (Lipinski definition) is 3. The first kappa shape index (κ1) is 20.9. The van der Waals surface area contributed by atoms with E-state index in [9.17, 15) is 9.59 Å². The summed E-state index contributed by atoms with van der Waals surface area (Å²) in [5.74, 6) is -0.170. The Balaban J connectivity index is 4.18. The molecule has 0 atom stereocenters. The van der Waals surface area contributed by atoms with Crippen LogP contribution >= 0.6 is 0 Å². The van der Waals surface area contributed by atoms with Gasteiger partial charge in [0.1, 0.15) is 5.78 Å². The smallest absolute Gasteiger partial charge is 0.333 e. The van der Waals surface area contributed by atoms with Gasteiger partial charge in [-0.1, -0.05) is 57.4 Å². The van der Waals surface area contributed by atoms with Gasteiger partial charge in [0.15, 0.2) is 0 Å². The van der Waals surface area contributed by atoms with Crippen molar-refractivity contribution in [1.82, 2.24) is 0 Å². The Kier molecular flexibility index (Phi) is 12.8. The number of allylic oxidation sites excluding steroid dienone is 1. The molecule has 0 spiro atoms. The fourth-order valence-corrected chi connectivity index (χ4v) is 2.56. The monoisotopic (exact) mass is 310 g/mol. The lowest BCUT2D eigenvalue weighted by atomic mass is 9.97. The fourth-order valence-electron chi connectivity index (χ4n) is 2.56. The van der Waals surface area contributed by atoms with Gasteiger partial charge in [0, 0.05) is 12.0 Å². The predicted molar refractivity (Wildman–Crippen MR) is 91.9 cm³/mol. The van der Waals surface area contributed by atoms with E-state index in [1.165, 1.54) is 44.9 Å². The molecule has 0 saturated carbocycles. The molecule has 0 aromatic rings. The van der Waals surface area contributed by atoms with Crippen LogP contribution in [0.4, 0.5) is 0 Å². The molecule has 0 aromatic carbocycles. The lowest BCUT2D eigenvalue weighted by Crippen LogP contribution is -2.09. The van der Waals surface area contributed by atoms with Gasteiger partial charge in [-0.3, -0.25) is 4.79 Å². The normalized spacial score (nSPS) is 12.0. The molecular formula is C19H34O3. The van der Waals surface area contributed by atoms with Gasteiger partial charge in [-0.25, -0.2) is 4.79 Å². The molecule has 0 aliphatic heterocycles. The van der Waals surface area contributed by atoms with Crippen LogP contribution in [-0.2, 0) is 14.3 Å². The van der Waals surface area contributed by atoms with E-state index in [4.69, 9.17) is 4.74 Å². The summed E-state index contributed by atoms with van der Waals surface area (Å²) < 4.78 is 5.04. The molecular weight excluding hydrogens is 276 g/mol. The molecule has 0 rings (SSSR count). The van der Waals surface area contributed by atoms with E-state index in [0.717, 1.165) is 18.4 Å². The van der Waals surface area contributed by atoms with Gasteiger partial charge < -0.3 is 4.74 Å². The standard InChI is InChI=1S/C19H34O3/c1-5-7-8-9-10-11-12-13-14-18(15-16(3)20)17(4)19(21)22-6-2/h5-15H2,1-4H3/b18-17-. The van der Waals surface area contributed by atoms with Crippen LogP contribution in [0.15, 0.2) is 11.1 Å². The van der Waals surface area contributed by atoms with E-state index in [1.54, 1.807) is 20.8 Å². The molecule has 0 bridgehead atoms. The quantitative estimate of drug-likeness (QED) is 0.261. The summed E-state index contributed by atoms with van der Waals surface area (Å²) in [6.45, 7) is 7.76. The van der Waals surface area contributed by atoms with E-state index < -0.39 is 0 Å². The number of ketones is 1. The summed E-state index contributed by atoms with van der Waals surface area (Å²) in [7, 11) is 0. The van der Waals surface area contributed by atoms with Crippen molar-refractivity contribution in [2.45, 2.75) is 91.9 Å². The van der Waals surface area contributed by atoms with Gasteiger partial charge in [0.2, 0.25) is 0 Å². The molecule has 0 aliphatic rings. The second-order valence-electron chi connectivity index (χ2n) is 6.05. The van der Waals surface area contributed by atoms with Crippen LogP contribution in [0.25, 0.3) is 0 Å². The maximum Gasteiger partial charge on any atom is 0.333 e. The second kappa shape index (κ2) is 13.5. The molecule has 0 amide bonds. The van der Waals surface area contributed by atoms with Gasteiger partial charge in [0.05, 0.1) is 6.61 Å². The lowest BCUT2D eigenvalue weighted by molar-refractivity contribution is -0.138. The average Bonchev–Trinajstić information content (AvgIpc) is 2.47. The van der Waals surface area contributed by atoms with Crippen molar-refractivity contribution in [2.75, 3.05) is 6.61 Å². The zero-order chi connectivity index (χ0) is 16.8. The van der Waals surface area contributed by atoms with E-state index in [-0.39, 0.29) is 11.8 Å².